The minimum Gasteiger partial charge on any atom is -0.497 e. The van der Waals surface area contributed by atoms with E-state index in [1.165, 1.54) is 12.1 Å². The first-order valence-corrected chi connectivity index (χ1v) is 12.0. The van der Waals surface area contributed by atoms with Crippen LogP contribution in [0.1, 0.15) is 36.5 Å². The number of nitrogens with one attached hydrogen (secondary N) is 2. The number of hydrazone groups is 2. The molecule has 1 aliphatic heterocycles. The summed E-state index contributed by atoms with van der Waals surface area (Å²) in [5.74, 6) is 0.913. The fourth-order valence-corrected chi connectivity index (χ4v) is 3.83. The number of carbonyl (C=O) groups is 1. The molecule has 1 amide bonds. The number of nitrogens with zero attached hydrogens (tertiary/aromatic N) is 3. The Balaban J connectivity index is 1.76. The Bertz CT molecular complexity index is 1120. The minimum atomic E-state index is -3.76. The SMILES string of the molecule is COc1ccc(C(=O)N/N=C(C)/C(=N/Nc2ccc(S(N)(=O)=O)cc2)N2CCCCC2)cc1. The van der Waals surface area contributed by atoms with Crippen molar-refractivity contribution in [3.05, 3.63) is 54.1 Å². The molecule has 0 atom stereocenters. The summed E-state index contributed by atoms with van der Waals surface area (Å²) >= 11 is 0. The molecule has 0 unspecified atom stereocenters. The number of amidine groups is 1. The number of ether oxygens (including phenoxy) is 1. The summed E-state index contributed by atoms with van der Waals surface area (Å²) in [6, 6.07) is 12.7. The maximum absolute atomic E-state index is 12.5. The van der Waals surface area contributed by atoms with Crippen molar-refractivity contribution in [1.29, 1.82) is 0 Å². The zero-order valence-electron chi connectivity index (χ0n) is 18.6. The van der Waals surface area contributed by atoms with E-state index in [-0.39, 0.29) is 10.8 Å². The average molecular weight is 473 g/mol. The maximum atomic E-state index is 12.5. The minimum absolute atomic E-state index is 0.0206. The summed E-state index contributed by atoms with van der Waals surface area (Å²) in [4.78, 5) is 14.6. The summed E-state index contributed by atoms with van der Waals surface area (Å²) in [5, 5.41) is 13.9. The molecule has 0 spiro atoms. The van der Waals surface area contributed by atoms with Crippen molar-refractivity contribution in [2.45, 2.75) is 31.1 Å². The second-order valence-electron chi connectivity index (χ2n) is 7.53. The highest BCUT2D eigenvalue weighted by Gasteiger charge is 2.18. The number of carbonyl (C=O) groups excluding carboxylic acids is 1. The van der Waals surface area contributed by atoms with E-state index >= 15 is 0 Å². The number of sulfonamides is 1. The third-order valence-corrected chi connectivity index (χ3v) is 6.06. The van der Waals surface area contributed by atoms with Gasteiger partial charge < -0.3 is 9.64 Å². The quantitative estimate of drug-likeness (QED) is 0.321. The molecule has 0 bridgehead atoms. The first-order valence-electron chi connectivity index (χ1n) is 10.5. The van der Waals surface area contributed by atoms with Crippen LogP contribution in [0.3, 0.4) is 0 Å². The number of rotatable bonds is 7. The van der Waals surface area contributed by atoms with Gasteiger partial charge in [0.1, 0.15) is 11.5 Å². The second-order valence-corrected chi connectivity index (χ2v) is 9.09. The number of piperidine rings is 1. The van der Waals surface area contributed by atoms with Gasteiger partial charge in [0.2, 0.25) is 10.0 Å². The molecule has 11 heteroatoms. The molecule has 10 nitrogen and oxygen atoms in total. The van der Waals surface area contributed by atoms with E-state index in [4.69, 9.17) is 9.88 Å². The number of anilines is 1. The number of hydrogen-bond acceptors (Lipinski definition) is 7. The Morgan fingerprint density at radius 3 is 2.21 bits per heavy atom. The molecule has 0 radical (unpaired) electrons. The monoisotopic (exact) mass is 472 g/mol. The molecule has 0 aromatic heterocycles. The standard InChI is InChI=1S/C22H28N6O4S/c1-16(24-27-22(29)17-6-10-19(32-2)11-7-17)21(28-14-4-3-5-15-28)26-25-18-8-12-20(13-9-18)33(23,30)31/h6-13,25H,3-5,14-15H2,1-2H3,(H,27,29)(H2,23,30,31)/b24-16+,26-21-. The van der Waals surface area contributed by atoms with Crippen LogP contribution in [0.15, 0.2) is 63.6 Å². The van der Waals surface area contributed by atoms with E-state index in [1.54, 1.807) is 50.4 Å². The predicted molar refractivity (Wildman–Crippen MR) is 128 cm³/mol. The highest BCUT2D eigenvalue weighted by molar-refractivity contribution is 7.89. The van der Waals surface area contributed by atoms with Crippen molar-refractivity contribution in [1.82, 2.24) is 10.3 Å². The maximum Gasteiger partial charge on any atom is 0.271 e. The summed E-state index contributed by atoms with van der Waals surface area (Å²) in [6.07, 6.45) is 3.22. The smallest absolute Gasteiger partial charge is 0.271 e. The Hall–Kier alpha value is -3.44. The van der Waals surface area contributed by atoms with E-state index in [0.717, 1.165) is 32.4 Å². The third-order valence-electron chi connectivity index (χ3n) is 5.13. The highest BCUT2D eigenvalue weighted by atomic mass is 32.2. The number of primary sulfonamides is 1. The first kappa shape index (κ1) is 24.2. The number of hydrogen-bond donors (Lipinski definition) is 3. The lowest BCUT2D eigenvalue weighted by atomic mass is 10.1. The lowest BCUT2D eigenvalue weighted by Gasteiger charge is -2.29. The molecule has 1 aliphatic rings. The topological polar surface area (TPSA) is 138 Å². The Kier molecular flexibility index (Phi) is 8.01. The summed E-state index contributed by atoms with van der Waals surface area (Å²) in [7, 11) is -2.20. The molecule has 2 aromatic carbocycles. The van der Waals surface area contributed by atoms with Crippen LogP contribution in [-0.4, -0.2) is 51.0 Å². The largest absolute Gasteiger partial charge is 0.497 e. The van der Waals surface area contributed by atoms with Crippen molar-refractivity contribution in [3.63, 3.8) is 0 Å². The van der Waals surface area contributed by atoms with Gasteiger partial charge in [-0.1, -0.05) is 0 Å². The van der Waals surface area contributed by atoms with E-state index in [1.807, 2.05) is 0 Å². The molecule has 1 fully saturated rings. The van der Waals surface area contributed by atoms with Crippen LogP contribution in [0.2, 0.25) is 0 Å². The van der Waals surface area contributed by atoms with Crippen LogP contribution in [0.4, 0.5) is 5.69 Å². The van der Waals surface area contributed by atoms with Crippen LogP contribution < -0.4 is 20.7 Å². The fourth-order valence-electron chi connectivity index (χ4n) is 3.31. The predicted octanol–water partition coefficient (Wildman–Crippen LogP) is 2.36. The highest BCUT2D eigenvalue weighted by Crippen LogP contribution is 2.15. The average Bonchev–Trinajstić information content (AvgIpc) is 2.83. The number of nitrogens with two attached hydrogens (primary N) is 1. The van der Waals surface area contributed by atoms with Crippen molar-refractivity contribution in [2.24, 2.45) is 15.3 Å². The van der Waals surface area contributed by atoms with Gasteiger partial charge >= 0.3 is 0 Å². The van der Waals surface area contributed by atoms with E-state index in [2.05, 4.69) is 26.0 Å². The number of likely N-dealkylation sites (tertiary alicyclic amines) is 1. The molecule has 3 rings (SSSR count). The summed E-state index contributed by atoms with van der Waals surface area (Å²) in [6.45, 7) is 3.42. The van der Waals surface area contributed by atoms with Crippen molar-refractivity contribution in [3.8, 4) is 5.75 Å². The molecule has 0 saturated carbocycles. The second kappa shape index (κ2) is 10.9. The van der Waals surface area contributed by atoms with Crippen LogP contribution in [0.5, 0.6) is 5.75 Å². The lowest BCUT2D eigenvalue weighted by Crippen LogP contribution is -2.40. The lowest BCUT2D eigenvalue weighted by molar-refractivity contribution is 0.0955. The Morgan fingerprint density at radius 1 is 1.00 bits per heavy atom. The molecule has 33 heavy (non-hydrogen) atoms. The molecule has 4 N–H and O–H groups in total. The van der Waals surface area contributed by atoms with E-state index in [9.17, 15) is 13.2 Å². The van der Waals surface area contributed by atoms with Crippen molar-refractivity contribution in [2.75, 3.05) is 25.6 Å². The number of methoxy groups -OCH3 is 1. The molecule has 2 aromatic rings. The zero-order chi connectivity index (χ0) is 23.8. The number of amides is 1. The molecule has 0 aliphatic carbocycles. The van der Waals surface area contributed by atoms with Crippen LogP contribution in [0, 0.1) is 0 Å². The van der Waals surface area contributed by atoms with Gasteiger partial charge in [-0.2, -0.15) is 10.2 Å². The van der Waals surface area contributed by atoms with Crippen molar-refractivity contribution >= 4 is 33.2 Å². The van der Waals surface area contributed by atoms with Gasteiger partial charge in [0, 0.05) is 18.7 Å². The number of benzene rings is 2. The Labute approximate surface area is 193 Å². The summed E-state index contributed by atoms with van der Waals surface area (Å²) in [5.41, 5.74) is 7.09. The van der Waals surface area contributed by atoms with E-state index < -0.39 is 10.0 Å². The first-order chi connectivity index (χ1) is 15.8. The molecule has 1 saturated heterocycles. The van der Waals surface area contributed by atoms with Gasteiger partial charge in [0.05, 0.1) is 17.7 Å². The molecular formula is C22H28N6O4S. The van der Waals surface area contributed by atoms with Gasteiger partial charge in [-0.05, 0) is 74.7 Å². The van der Waals surface area contributed by atoms with Gasteiger partial charge in [-0.15, -0.1) is 0 Å². The van der Waals surface area contributed by atoms with Crippen LogP contribution >= 0.6 is 0 Å². The third kappa shape index (κ3) is 6.77. The normalized spacial score (nSPS) is 15.2. The van der Waals surface area contributed by atoms with Gasteiger partial charge in [0.15, 0.2) is 5.84 Å². The molecule has 176 valence electrons. The molecule has 1 heterocycles. The Morgan fingerprint density at radius 2 is 1.64 bits per heavy atom. The van der Waals surface area contributed by atoms with Gasteiger partial charge in [-0.25, -0.2) is 19.0 Å². The van der Waals surface area contributed by atoms with Gasteiger partial charge in [0.25, 0.3) is 5.91 Å². The zero-order valence-corrected chi connectivity index (χ0v) is 19.4. The van der Waals surface area contributed by atoms with Crippen LogP contribution in [-0.2, 0) is 10.0 Å². The fraction of sp³-hybridized carbons (Fsp3) is 0.318. The van der Waals surface area contributed by atoms with E-state index in [0.29, 0.717) is 28.5 Å². The van der Waals surface area contributed by atoms with Gasteiger partial charge in [-0.3, -0.25) is 10.2 Å². The summed E-state index contributed by atoms with van der Waals surface area (Å²) < 4.78 is 28.0. The van der Waals surface area contributed by atoms with Crippen LogP contribution in [0.25, 0.3) is 0 Å². The molecular weight excluding hydrogens is 444 g/mol. The van der Waals surface area contributed by atoms with Crippen molar-refractivity contribution < 1.29 is 17.9 Å².